The molecule has 0 aliphatic rings. The summed E-state index contributed by atoms with van der Waals surface area (Å²) < 4.78 is 5.11. The van der Waals surface area contributed by atoms with Crippen molar-refractivity contribution in [3.8, 4) is 5.88 Å². The highest BCUT2D eigenvalue weighted by Gasteiger charge is 2.22. The lowest BCUT2D eigenvalue weighted by Gasteiger charge is -2.19. The predicted molar refractivity (Wildman–Crippen MR) is 127 cm³/mol. The van der Waals surface area contributed by atoms with E-state index in [-0.39, 0.29) is 23.3 Å². The Morgan fingerprint density at radius 1 is 1.16 bits per heavy atom. The molecule has 2 aromatic heterocycles. The minimum atomic E-state index is -1.12. The Labute approximate surface area is 194 Å². The minimum absolute atomic E-state index is 0.0685. The van der Waals surface area contributed by atoms with Gasteiger partial charge in [-0.25, -0.2) is 9.78 Å². The SMILES string of the molecule is COc1nc(CNC(=O)O)cc(C)c1CNC(=O)c1cc(C(C)(C)Br)cc2[nH]cc(C)c12. The van der Waals surface area contributed by atoms with Gasteiger partial charge in [-0.1, -0.05) is 15.9 Å². The predicted octanol–water partition coefficient (Wildman–Crippen LogP) is 4.52. The smallest absolute Gasteiger partial charge is 0.404 e. The number of halogens is 1. The van der Waals surface area contributed by atoms with Gasteiger partial charge in [0.2, 0.25) is 5.88 Å². The summed E-state index contributed by atoms with van der Waals surface area (Å²) in [5, 5.41) is 15.0. The van der Waals surface area contributed by atoms with Crippen LogP contribution in [0.3, 0.4) is 0 Å². The molecule has 0 unspecified atom stereocenters. The summed E-state index contributed by atoms with van der Waals surface area (Å²) in [4.78, 5) is 31.6. The third-order valence-corrected chi connectivity index (χ3v) is 5.77. The van der Waals surface area contributed by atoms with Crippen LogP contribution in [0.25, 0.3) is 10.9 Å². The van der Waals surface area contributed by atoms with Crippen LogP contribution in [-0.2, 0) is 17.4 Å². The molecule has 0 fully saturated rings. The molecule has 0 atom stereocenters. The van der Waals surface area contributed by atoms with Gasteiger partial charge in [0.15, 0.2) is 0 Å². The molecule has 2 heterocycles. The largest absolute Gasteiger partial charge is 0.481 e. The molecule has 32 heavy (non-hydrogen) atoms. The fraction of sp³-hybridized carbons (Fsp3) is 0.348. The van der Waals surface area contributed by atoms with Crippen LogP contribution in [0.1, 0.15) is 52.2 Å². The number of alkyl halides is 1. The first-order chi connectivity index (χ1) is 15.0. The van der Waals surface area contributed by atoms with Crippen LogP contribution in [0.5, 0.6) is 5.88 Å². The molecular formula is C23H27BrN4O4. The summed E-state index contributed by atoms with van der Waals surface area (Å²) in [7, 11) is 1.50. The molecule has 3 aromatic rings. The van der Waals surface area contributed by atoms with Crippen molar-refractivity contribution < 1.29 is 19.4 Å². The maximum absolute atomic E-state index is 13.2. The number of carboxylic acid groups (broad SMARTS) is 1. The average Bonchev–Trinajstić information content (AvgIpc) is 3.10. The fourth-order valence-corrected chi connectivity index (χ4v) is 3.83. The molecule has 0 saturated heterocycles. The molecule has 9 heteroatoms. The molecule has 4 N–H and O–H groups in total. The van der Waals surface area contributed by atoms with E-state index in [1.165, 1.54) is 7.11 Å². The molecule has 0 spiro atoms. The monoisotopic (exact) mass is 502 g/mol. The molecule has 0 aliphatic carbocycles. The van der Waals surface area contributed by atoms with Crippen molar-refractivity contribution in [2.24, 2.45) is 0 Å². The van der Waals surface area contributed by atoms with Crippen molar-refractivity contribution in [3.63, 3.8) is 0 Å². The van der Waals surface area contributed by atoms with Crippen molar-refractivity contribution >= 4 is 38.8 Å². The highest BCUT2D eigenvalue weighted by molar-refractivity contribution is 9.09. The Hall–Kier alpha value is -3.07. The molecule has 0 bridgehead atoms. The zero-order valence-electron chi connectivity index (χ0n) is 18.7. The van der Waals surface area contributed by atoms with Crippen LogP contribution in [-0.4, -0.2) is 34.2 Å². The van der Waals surface area contributed by atoms with Gasteiger partial charge in [0.05, 0.1) is 19.3 Å². The number of hydrogen-bond acceptors (Lipinski definition) is 4. The Bertz CT molecular complexity index is 1180. The standard InChI is InChI=1S/C23H27BrN4O4/c1-12-6-15(10-27-22(30)31)28-21(32-5)17(12)11-26-20(29)16-7-14(23(3,4)24)8-18-19(16)13(2)9-25-18/h6-9,25,27H,10-11H2,1-5H3,(H,26,29)(H,30,31). The highest BCUT2D eigenvalue weighted by atomic mass is 79.9. The van der Waals surface area contributed by atoms with E-state index >= 15 is 0 Å². The quantitative estimate of drug-likeness (QED) is 0.354. The Kier molecular flexibility index (Phi) is 6.78. The number of aromatic nitrogens is 2. The number of pyridine rings is 1. The van der Waals surface area contributed by atoms with Gasteiger partial charge < -0.3 is 25.5 Å². The van der Waals surface area contributed by atoms with Crippen LogP contribution in [0, 0.1) is 13.8 Å². The van der Waals surface area contributed by atoms with Crippen LogP contribution in [0.15, 0.2) is 24.4 Å². The number of carbonyl (C=O) groups is 2. The second kappa shape index (κ2) is 9.20. The lowest BCUT2D eigenvalue weighted by molar-refractivity contribution is 0.0952. The van der Waals surface area contributed by atoms with Gasteiger partial charge in [-0.3, -0.25) is 4.79 Å². The van der Waals surface area contributed by atoms with Crippen LogP contribution < -0.4 is 15.4 Å². The van der Waals surface area contributed by atoms with Gasteiger partial charge in [0, 0.05) is 39.1 Å². The number of benzene rings is 1. The highest BCUT2D eigenvalue weighted by Crippen LogP contribution is 2.34. The number of aromatic amines is 1. The van der Waals surface area contributed by atoms with Crippen LogP contribution in [0.4, 0.5) is 4.79 Å². The zero-order valence-corrected chi connectivity index (χ0v) is 20.3. The number of rotatable bonds is 7. The van der Waals surface area contributed by atoms with Crippen LogP contribution in [0.2, 0.25) is 0 Å². The number of nitrogens with zero attached hydrogens (tertiary/aromatic N) is 1. The maximum Gasteiger partial charge on any atom is 0.404 e. The third-order valence-electron chi connectivity index (χ3n) is 5.31. The number of H-pyrrole nitrogens is 1. The number of methoxy groups -OCH3 is 1. The lowest BCUT2D eigenvalue weighted by atomic mass is 9.96. The Morgan fingerprint density at radius 2 is 1.88 bits per heavy atom. The number of ether oxygens (including phenoxy) is 1. The van der Waals surface area contributed by atoms with Gasteiger partial charge >= 0.3 is 6.09 Å². The molecule has 3 rings (SSSR count). The van der Waals surface area contributed by atoms with Gasteiger partial charge in [-0.05, 0) is 62.6 Å². The van der Waals surface area contributed by atoms with Crippen molar-refractivity contribution in [1.82, 2.24) is 20.6 Å². The lowest BCUT2D eigenvalue weighted by Crippen LogP contribution is -2.25. The van der Waals surface area contributed by atoms with E-state index in [0.717, 1.165) is 33.2 Å². The number of hydrogen-bond donors (Lipinski definition) is 4. The summed E-state index contributed by atoms with van der Waals surface area (Å²) in [6, 6.07) is 5.74. The van der Waals surface area contributed by atoms with Crippen molar-refractivity contribution in [3.05, 3.63) is 57.9 Å². The van der Waals surface area contributed by atoms with E-state index in [1.54, 1.807) is 6.07 Å². The number of carbonyl (C=O) groups excluding carboxylic acids is 1. The topological polar surface area (TPSA) is 116 Å². The van der Waals surface area contributed by atoms with Gasteiger partial charge in [0.25, 0.3) is 5.91 Å². The molecular weight excluding hydrogens is 476 g/mol. The van der Waals surface area contributed by atoms with Gasteiger partial charge in [-0.2, -0.15) is 0 Å². The molecule has 170 valence electrons. The Morgan fingerprint density at radius 3 is 2.50 bits per heavy atom. The molecule has 8 nitrogen and oxygen atoms in total. The fourth-order valence-electron chi connectivity index (χ4n) is 3.60. The van der Waals surface area contributed by atoms with E-state index in [4.69, 9.17) is 9.84 Å². The first-order valence-corrected chi connectivity index (χ1v) is 10.9. The van der Waals surface area contributed by atoms with E-state index in [1.807, 2.05) is 40.0 Å². The van der Waals surface area contributed by atoms with E-state index in [2.05, 4.69) is 42.6 Å². The van der Waals surface area contributed by atoms with E-state index in [0.29, 0.717) is 17.1 Å². The van der Waals surface area contributed by atoms with Crippen molar-refractivity contribution in [2.45, 2.75) is 45.1 Å². The van der Waals surface area contributed by atoms with Crippen molar-refractivity contribution in [1.29, 1.82) is 0 Å². The van der Waals surface area contributed by atoms with Crippen molar-refractivity contribution in [2.75, 3.05) is 7.11 Å². The zero-order chi connectivity index (χ0) is 23.6. The van der Waals surface area contributed by atoms with E-state index in [9.17, 15) is 9.59 Å². The summed E-state index contributed by atoms with van der Waals surface area (Å²) >= 11 is 3.68. The van der Waals surface area contributed by atoms with E-state index < -0.39 is 6.09 Å². The normalized spacial score (nSPS) is 11.4. The first-order valence-electron chi connectivity index (χ1n) is 10.1. The molecule has 2 amide bonds. The van der Waals surface area contributed by atoms with Gasteiger partial charge in [0.1, 0.15) is 0 Å². The molecule has 0 aliphatic heterocycles. The summed E-state index contributed by atoms with van der Waals surface area (Å²) in [5.74, 6) is 0.153. The van der Waals surface area contributed by atoms with Crippen LogP contribution >= 0.6 is 15.9 Å². The molecule has 1 aromatic carbocycles. The molecule has 0 saturated carbocycles. The average molecular weight is 503 g/mol. The number of nitrogens with one attached hydrogen (secondary N) is 3. The first kappa shape index (κ1) is 23.6. The Balaban J connectivity index is 1.90. The summed E-state index contributed by atoms with van der Waals surface area (Å²) in [5.41, 5.74) is 5.60. The number of aryl methyl sites for hydroxylation is 2. The third kappa shape index (κ3) is 5.04. The van der Waals surface area contributed by atoms with Gasteiger partial charge in [-0.15, -0.1) is 0 Å². The number of fused-ring (bicyclic) bond motifs is 1. The summed E-state index contributed by atoms with van der Waals surface area (Å²) in [6.07, 6.45) is 0.771. The number of amides is 2. The second-order valence-electron chi connectivity index (χ2n) is 8.15. The second-order valence-corrected chi connectivity index (χ2v) is 10.1. The maximum atomic E-state index is 13.2. The minimum Gasteiger partial charge on any atom is -0.481 e. The molecule has 0 radical (unpaired) electrons. The summed E-state index contributed by atoms with van der Waals surface area (Å²) in [6.45, 7) is 8.20.